The van der Waals surface area contributed by atoms with Crippen LogP contribution in [0.2, 0.25) is 0 Å². The topological polar surface area (TPSA) is 74.2 Å². The quantitative estimate of drug-likeness (QED) is 0.856. The summed E-state index contributed by atoms with van der Waals surface area (Å²) >= 11 is 0. The van der Waals surface area contributed by atoms with E-state index < -0.39 is 5.60 Å². The van der Waals surface area contributed by atoms with Gasteiger partial charge in [0.15, 0.2) is 0 Å². The van der Waals surface area contributed by atoms with Crippen LogP contribution in [0, 0.1) is 5.92 Å². The second-order valence-corrected chi connectivity index (χ2v) is 5.87. The molecule has 1 fully saturated rings. The van der Waals surface area contributed by atoms with Gasteiger partial charge < -0.3 is 15.0 Å². The molecule has 1 unspecified atom stereocenters. The van der Waals surface area contributed by atoms with Gasteiger partial charge >= 0.3 is 0 Å². The number of aromatic nitrogens is 2. The molecule has 0 spiro atoms. The first-order valence-corrected chi connectivity index (χ1v) is 7.25. The molecule has 0 bridgehead atoms. The fourth-order valence-electron chi connectivity index (χ4n) is 2.76. The van der Waals surface area contributed by atoms with E-state index in [0.717, 1.165) is 0 Å². The van der Waals surface area contributed by atoms with Gasteiger partial charge in [0.25, 0.3) is 0 Å². The van der Waals surface area contributed by atoms with E-state index in [-0.39, 0.29) is 6.04 Å². The standard InChI is InChI=1S/C14H25N3O2/c1-4-18-14(2,3)13-16-12(19-17-13)9-11(15)10-7-5-6-8-10/h10-11H,4-9,15H2,1-3H3. The highest BCUT2D eigenvalue weighted by molar-refractivity contribution is 4.99. The van der Waals surface area contributed by atoms with Gasteiger partial charge in [-0.15, -0.1) is 0 Å². The molecule has 1 saturated carbocycles. The van der Waals surface area contributed by atoms with Gasteiger partial charge in [-0.1, -0.05) is 18.0 Å². The number of hydrogen-bond acceptors (Lipinski definition) is 5. The Morgan fingerprint density at radius 3 is 2.74 bits per heavy atom. The maximum atomic E-state index is 6.23. The molecular weight excluding hydrogens is 242 g/mol. The second-order valence-electron chi connectivity index (χ2n) is 5.87. The zero-order valence-electron chi connectivity index (χ0n) is 12.2. The average molecular weight is 267 g/mol. The van der Waals surface area contributed by atoms with Gasteiger partial charge in [-0.05, 0) is 39.5 Å². The first-order valence-electron chi connectivity index (χ1n) is 7.25. The van der Waals surface area contributed by atoms with Gasteiger partial charge in [0.2, 0.25) is 11.7 Å². The third-order valence-corrected chi connectivity index (χ3v) is 3.93. The minimum atomic E-state index is -0.506. The molecule has 0 amide bonds. The van der Waals surface area contributed by atoms with Crippen LogP contribution in [0.1, 0.15) is 58.2 Å². The lowest BCUT2D eigenvalue weighted by atomic mass is 9.96. The van der Waals surface area contributed by atoms with Crippen molar-refractivity contribution in [3.8, 4) is 0 Å². The molecule has 5 nitrogen and oxygen atoms in total. The van der Waals surface area contributed by atoms with Crippen molar-refractivity contribution in [2.75, 3.05) is 6.61 Å². The smallest absolute Gasteiger partial charge is 0.228 e. The molecule has 1 atom stereocenters. The molecule has 2 N–H and O–H groups in total. The molecule has 1 aromatic heterocycles. The first kappa shape index (κ1) is 14.5. The summed E-state index contributed by atoms with van der Waals surface area (Å²) in [5.74, 6) is 1.83. The van der Waals surface area contributed by atoms with Crippen molar-refractivity contribution in [2.24, 2.45) is 11.7 Å². The molecular formula is C14H25N3O2. The van der Waals surface area contributed by atoms with E-state index in [4.69, 9.17) is 15.0 Å². The molecule has 5 heteroatoms. The minimum absolute atomic E-state index is 0.131. The van der Waals surface area contributed by atoms with Crippen molar-refractivity contribution in [1.29, 1.82) is 0 Å². The lowest BCUT2D eigenvalue weighted by Gasteiger charge is -2.20. The van der Waals surface area contributed by atoms with Gasteiger partial charge in [-0.25, -0.2) is 0 Å². The van der Waals surface area contributed by atoms with Crippen molar-refractivity contribution >= 4 is 0 Å². The predicted octanol–water partition coefficient (Wildman–Crippen LogP) is 2.40. The molecule has 19 heavy (non-hydrogen) atoms. The summed E-state index contributed by atoms with van der Waals surface area (Å²) in [4.78, 5) is 4.43. The monoisotopic (exact) mass is 267 g/mol. The molecule has 1 aromatic rings. The number of ether oxygens (including phenoxy) is 1. The summed E-state index contributed by atoms with van der Waals surface area (Å²) in [6.45, 7) is 6.47. The molecule has 1 aliphatic rings. The van der Waals surface area contributed by atoms with Crippen molar-refractivity contribution in [3.63, 3.8) is 0 Å². The van der Waals surface area contributed by atoms with E-state index >= 15 is 0 Å². The van der Waals surface area contributed by atoms with Crippen molar-refractivity contribution < 1.29 is 9.26 Å². The Kier molecular flexibility index (Phi) is 4.58. The summed E-state index contributed by atoms with van der Waals surface area (Å²) in [5.41, 5.74) is 5.72. The maximum Gasteiger partial charge on any atom is 0.228 e. The molecule has 0 saturated heterocycles. The Morgan fingerprint density at radius 1 is 1.42 bits per heavy atom. The number of nitrogens with zero attached hydrogens (tertiary/aromatic N) is 2. The highest BCUT2D eigenvalue weighted by Crippen LogP contribution is 2.28. The SMILES string of the molecule is CCOC(C)(C)c1noc(CC(N)C2CCCC2)n1. The van der Waals surface area contributed by atoms with Crippen molar-refractivity contribution in [3.05, 3.63) is 11.7 Å². The van der Waals surface area contributed by atoms with Crippen LogP contribution in [0.15, 0.2) is 4.52 Å². The number of nitrogens with two attached hydrogens (primary N) is 1. The summed E-state index contributed by atoms with van der Waals surface area (Å²) < 4.78 is 10.9. The second kappa shape index (κ2) is 6.01. The average Bonchev–Trinajstić information content (AvgIpc) is 2.99. The van der Waals surface area contributed by atoms with Gasteiger partial charge in [0, 0.05) is 19.1 Å². The van der Waals surface area contributed by atoms with Crippen LogP contribution >= 0.6 is 0 Å². The van der Waals surface area contributed by atoms with Crippen LogP contribution < -0.4 is 5.73 Å². The highest BCUT2D eigenvalue weighted by atomic mass is 16.5. The third-order valence-electron chi connectivity index (χ3n) is 3.93. The van der Waals surface area contributed by atoms with Crippen molar-refractivity contribution in [2.45, 2.75) is 64.5 Å². The molecule has 2 rings (SSSR count). The number of hydrogen-bond donors (Lipinski definition) is 1. The molecule has 1 heterocycles. The van der Waals surface area contributed by atoms with Gasteiger partial charge in [-0.2, -0.15) is 4.98 Å². The third kappa shape index (κ3) is 3.54. The molecule has 1 aliphatic carbocycles. The van der Waals surface area contributed by atoms with Crippen LogP contribution in [0.5, 0.6) is 0 Å². The summed E-state index contributed by atoms with van der Waals surface area (Å²) in [7, 11) is 0. The Hall–Kier alpha value is -0.940. The van der Waals surface area contributed by atoms with Crippen LogP contribution in [-0.2, 0) is 16.8 Å². The van der Waals surface area contributed by atoms with Crippen LogP contribution in [-0.4, -0.2) is 22.8 Å². The first-order chi connectivity index (χ1) is 9.03. The molecule has 0 radical (unpaired) electrons. The predicted molar refractivity (Wildman–Crippen MR) is 72.6 cm³/mol. The van der Waals surface area contributed by atoms with Crippen LogP contribution in [0.4, 0.5) is 0 Å². The normalized spacial score (nSPS) is 18.9. The van der Waals surface area contributed by atoms with Crippen LogP contribution in [0.25, 0.3) is 0 Å². The molecule has 108 valence electrons. The summed E-state index contributed by atoms with van der Waals surface area (Å²) in [5, 5.41) is 4.02. The Bertz CT molecular complexity index is 397. The van der Waals surface area contributed by atoms with Gasteiger partial charge in [-0.3, -0.25) is 0 Å². The Balaban J connectivity index is 1.96. The molecule has 0 aliphatic heterocycles. The Labute approximate surface area is 114 Å². The fraction of sp³-hybridized carbons (Fsp3) is 0.857. The van der Waals surface area contributed by atoms with E-state index in [9.17, 15) is 0 Å². The van der Waals surface area contributed by atoms with Crippen LogP contribution in [0.3, 0.4) is 0 Å². The lowest BCUT2D eigenvalue weighted by molar-refractivity contribution is -0.0221. The number of rotatable bonds is 6. The largest absolute Gasteiger partial charge is 0.368 e. The van der Waals surface area contributed by atoms with E-state index in [2.05, 4.69) is 10.1 Å². The Morgan fingerprint density at radius 2 is 2.11 bits per heavy atom. The maximum absolute atomic E-state index is 6.23. The zero-order valence-corrected chi connectivity index (χ0v) is 12.2. The summed E-state index contributed by atoms with van der Waals surface area (Å²) in [6.07, 6.45) is 5.72. The fourth-order valence-corrected chi connectivity index (χ4v) is 2.76. The minimum Gasteiger partial charge on any atom is -0.368 e. The summed E-state index contributed by atoms with van der Waals surface area (Å²) in [6, 6.07) is 0.131. The van der Waals surface area contributed by atoms with Gasteiger partial charge in [0.05, 0.1) is 0 Å². The van der Waals surface area contributed by atoms with E-state index in [1.54, 1.807) is 0 Å². The molecule has 0 aromatic carbocycles. The van der Waals surface area contributed by atoms with E-state index in [1.165, 1.54) is 25.7 Å². The van der Waals surface area contributed by atoms with E-state index in [0.29, 0.717) is 30.7 Å². The highest BCUT2D eigenvalue weighted by Gasteiger charge is 2.29. The zero-order chi connectivity index (χ0) is 13.9. The lowest BCUT2D eigenvalue weighted by Crippen LogP contribution is -2.31. The van der Waals surface area contributed by atoms with Crippen molar-refractivity contribution in [1.82, 2.24) is 10.1 Å². The van der Waals surface area contributed by atoms with E-state index in [1.807, 2.05) is 20.8 Å². The van der Waals surface area contributed by atoms with Gasteiger partial charge in [0.1, 0.15) is 5.60 Å².